The van der Waals surface area contributed by atoms with Gasteiger partial charge in [0.15, 0.2) is 0 Å². The van der Waals surface area contributed by atoms with Crippen molar-refractivity contribution < 1.29 is 4.79 Å². The van der Waals surface area contributed by atoms with E-state index in [1.807, 2.05) is 13.8 Å². The molecule has 0 atom stereocenters. The second kappa shape index (κ2) is 4.68. The maximum atomic E-state index is 11.9. The molecule has 4 heteroatoms. The van der Waals surface area contributed by atoms with E-state index in [-0.39, 0.29) is 5.91 Å². The zero-order valence-corrected chi connectivity index (χ0v) is 9.16. The van der Waals surface area contributed by atoms with Crippen molar-refractivity contribution in [1.29, 1.82) is 0 Å². The van der Waals surface area contributed by atoms with Gasteiger partial charge in [0.2, 0.25) is 0 Å². The van der Waals surface area contributed by atoms with Crippen molar-refractivity contribution in [3.63, 3.8) is 0 Å². The molecule has 0 saturated heterocycles. The quantitative estimate of drug-likeness (QED) is 0.734. The molecule has 0 aliphatic heterocycles. The summed E-state index contributed by atoms with van der Waals surface area (Å²) in [4.78, 5) is 13.7. The van der Waals surface area contributed by atoms with Crippen molar-refractivity contribution in [2.24, 2.45) is 0 Å². The van der Waals surface area contributed by atoms with Crippen molar-refractivity contribution in [3.8, 4) is 0 Å². The van der Waals surface area contributed by atoms with E-state index in [2.05, 4.69) is 0 Å². The Morgan fingerprint density at radius 3 is 2.00 bits per heavy atom. The molecular weight excluding hydrogens is 190 g/mol. The molecule has 0 radical (unpaired) electrons. The van der Waals surface area contributed by atoms with Crippen LogP contribution in [0.2, 0.25) is 0 Å². The van der Waals surface area contributed by atoms with Crippen LogP contribution in [0.1, 0.15) is 24.2 Å². The minimum Gasteiger partial charge on any atom is -0.399 e. The minimum absolute atomic E-state index is 0.0287. The molecule has 0 fully saturated rings. The summed E-state index contributed by atoms with van der Waals surface area (Å²) in [6, 6.07) is 4.94. The third-order valence-corrected chi connectivity index (χ3v) is 2.28. The number of carbonyl (C=O) groups is 1. The van der Waals surface area contributed by atoms with Gasteiger partial charge in [-0.3, -0.25) is 4.79 Å². The summed E-state index contributed by atoms with van der Waals surface area (Å²) < 4.78 is 0. The lowest BCUT2D eigenvalue weighted by Gasteiger charge is -2.18. The number of carbonyl (C=O) groups excluding carboxylic acids is 1. The van der Waals surface area contributed by atoms with Gasteiger partial charge in [-0.2, -0.15) is 0 Å². The topological polar surface area (TPSA) is 72.3 Å². The summed E-state index contributed by atoms with van der Waals surface area (Å²) >= 11 is 0. The van der Waals surface area contributed by atoms with Gasteiger partial charge in [0.05, 0.1) is 0 Å². The molecule has 0 bridgehead atoms. The van der Waals surface area contributed by atoms with E-state index < -0.39 is 0 Å². The fourth-order valence-electron chi connectivity index (χ4n) is 1.49. The highest BCUT2D eigenvalue weighted by Gasteiger charge is 2.12. The Morgan fingerprint density at radius 2 is 1.60 bits per heavy atom. The molecule has 0 spiro atoms. The Bertz CT molecular complexity index is 339. The van der Waals surface area contributed by atoms with Gasteiger partial charge in [-0.15, -0.1) is 0 Å². The Kier molecular flexibility index (Phi) is 3.55. The van der Waals surface area contributed by atoms with Crippen LogP contribution in [-0.2, 0) is 0 Å². The summed E-state index contributed by atoms with van der Waals surface area (Å²) in [6.45, 7) is 5.25. The standard InChI is InChI=1S/C11H17N3O/c1-3-14(4-2)11(15)8-5-9(12)7-10(13)6-8/h5-7H,3-4,12-13H2,1-2H3. The lowest BCUT2D eigenvalue weighted by molar-refractivity contribution is 0.0773. The van der Waals surface area contributed by atoms with Crippen molar-refractivity contribution in [3.05, 3.63) is 23.8 Å². The van der Waals surface area contributed by atoms with Crippen LogP contribution in [0.3, 0.4) is 0 Å². The molecule has 4 nitrogen and oxygen atoms in total. The molecule has 0 aromatic heterocycles. The van der Waals surface area contributed by atoms with E-state index in [0.29, 0.717) is 30.0 Å². The first kappa shape index (κ1) is 11.4. The van der Waals surface area contributed by atoms with Crippen molar-refractivity contribution in [2.75, 3.05) is 24.6 Å². The average molecular weight is 207 g/mol. The van der Waals surface area contributed by atoms with E-state index in [4.69, 9.17) is 11.5 Å². The van der Waals surface area contributed by atoms with E-state index >= 15 is 0 Å². The molecule has 0 aliphatic rings. The van der Waals surface area contributed by atoms with Gasteiger partial charge in [-0.25, -0.2) is 0 Å². The monoisotopic (exact) mass is 207 g/mol. The molecule has 82 valence electrons. The maximum Gasteiger partial charge on any atom is 0.253 e. The zero-order chi connectivity index (χ0) is 11.4. The van der Waals surface area contributed by atoms with Gasteiger partial charge in [0.25, 0.3) is 5.91 Å². The van der Waals surface area contributed by atoms with E-state index in [0.717, 1.165) is 0 Å². The summed E-state index contributed by atoms with van der Waals surface area (Å²) in [5.74, 6) is -0.0287. The molecule has 0 aliphatic carbocycles. The molecule has 1 amide bonds. The molecule has 0 unspecified atom stereocenters. The third-order valence-electron chi connectivity index (χ3n) is 2.28. The van der Waals surface area contributed by atoms with Gasteiger partial charge >= 0.3 is 0 Å². The first-order chi connectivity index (χ1) is 7.08. The lowest BCUT2D eigenvalue weighted by Crippen LogP contribution is -2.30. The summed E-state index contributed by atoms with van der Waals surface area (Å²) in [5.41, 5.74) is 12.8. The van der Waals surface area contributed by atoms with Gasteiger partial charge in [0.1, 0.15) is 0 Å². The fourth-order valence-corrected chi connectivity index (χ4v) is 1.49. The summed E-state index contributed by atoms with van der Waals surface area (Å²) in [7, 11) is 0. The van der Waals surface area contributed by atoms with Gasteiger partial charge < -0.3 is 16.4 Å². The van der Waals surface area contributed by atoms with Crippen LogP contribution in [0.4, 0.5) is 11.4 Å². The van der Waals surface area contributed by atoms with E-state index in [9.17, 15) is 4.79 Å². The minimum atomic E-state index is -0.0287. The number of hydrogen-bond donors (Lipinski definition) is 2. The second-order valence-corrected chi connectivity index (χ2v) is 3.37. The summed E-state index contributed by atoms with van der Waals surface area (Å²) in [5, 5.41) is 0. The van der Waals surface area contributed by atoms with Crippen LogP contribution >= 0.6 is 0 Å². The van der Waals surface area contributed by atoms with Gasteiger partial charge in [-0.05, 0) is 32.0 Å². The highest BCUT2D eigenvalue weighted by atomic mass is 16.2. The molecule has 1 rings (SSSR count). The van der Waals surface area contributed by atoms with Crippen molar-refractivity contribution >= 4 is 17.3 Å². The van der Waals surface area contributed by atoms with E-state index in [1.165, 1.54) is 0 Å². The van der Waals surface area contributed by atoms with Crippen LogP contribution in [0.5, 0.6) is 0 Å². The number of nitrogens with two attached hydrogens (primary N) is 2. The SMILES string of the molecule is CCN(CC)C(=O)c1cc(N)cc(N)c1. The number of hydrogen-bond acceptors (Lipinski definition) is 3. The molecule has 4 N–H and O–H groups in total. The highest BCUT2D eigenvalue weighted by molar-refractivity contribution is 5.96. The first-order valence-corrected chi connectivity index (χ1v) is 5.03. The number of rotatable bonds is 3. The van der Waals surface area contributed by atoms with Crippen molar-refractivity contribution in [1.82, 2.24) is 4.90 Å². The Balaban J connectivity index is 3.00. The van der Waals surface area contributed by atoms with Gasteiger partial charge in [0, 0.05) is 30.0 Å². The summed E-state index contributed by atoms with van der Waals surface area (Å²) in [6.07, 6.45) is 0. The predicted molar refractivity (Wildman–Crippen MR) is 62.5 cm³/mol. The Morgan fingerprint density at radius 1 is 1.13 bits per heavy atom. The van der Waals surface area contributed by atoms with Crippen LogP contribution in [0.15, 0.2) is 18.2 Å². The number of benzene rings is 1. The fraction of sp³-hybridized carbons (Fsp3) is 0.364. The number of anilines is 2. The average Bonchev–Trinajstić information content (AvgIpc) is 2.18. The number of amides is 1. The number of nitrogens with zero attached hydrogens (tertiary/aromatic N) is 1. The smallest absolute Gasteiger partial charge is 0.253 e. The van der Waals surface area contributed by atoms with E-state index in [1.54, 1.807) is 23.1 Å². The molecule has 1 aromatic rings. The Labute approximate surface area is 89.9 Å². The molecule has 0 saturated carbocycles. The molecular formula is C11H17N3O. The van der Waals surface area contributed by atoms with Crippen LogP contribution < -0.4 is 11.5 Å². The van der Waals surface area contributed by atoms with Crippen LogP contribution in [0, 0.1) is 0 Å². The first-order valence-electron chi connectivity index (χ1n) is 5.03. The van der Waals surface area contributed by atoms with Crippen LogP contribution in [-0.4, -0.2) is 23.9 Å². The largest absolute Gasteiger partial charge is 0.399 e. The maximum absolute atomic E-state index is 11.9. The van der Waals surface area contributed by atoms with Crippen LogP contribution in [0.25, 0.3) is 0 Å². The second-order valence-electron chi connectivity index (χ2n) is 3.37. The zero-order valence-electron chi connectivity index (χ0n) is 9.16. The molecule has 1 aromatic carbocycles. The molecule has 15 heavy (non-hydrogen) atoms. The molecule has 0 heterocycles. The third kappa shape index (κ3) is 2.62. The predicted octanol–water partition coefficient (Wildman–Crippen LogP) is 1.33. The lowest BCUT2D eigenvalue weighted by atomic mass is 10.1. The van der Waals surface area contributed by atoms with Crippen molar-refractivity contribution in [2.45, 2.75) is 13.8 Å². The Hall–Kier alpha value is -1.71. The van der Waals surface area contributed by atoms with Gasteiger partial charge in [-0.1, -0.05) is 0 Å². The highest BCUT2D eigenvalue weighted by Crippen LogP contribution is 2.15. The number of nitrogen functional groups attached to an aromatic ring is 2. The normalized spacial score (nSPS) is 10.0.